The van der Waals surface area contributed by atoms with E-state index in [-0.39, 0.29) is 13.0 Å². The molecule has 0 spiro atoms. The third-order valence-electron chi connectivity index (χ3n) is 0.837. The van der Waals surface area contributed by atoms with E-state index >= 15 is 0 Å². The normalized spacial score (nSPS) is 8.91. The van der Waals surface area contributed by atoms with E-state index in [1.54, 1.807) is 0 Å². The lowest BCUT2D eigenvalue weighted by molar-refractivity contribution is -0.154. The Morgan fingerprint density at radius 2 is 2.00 bits per heavy atom. The van der Waals surface area contributed by atoms with E-state index in [0.29, 0.717) is 0 Å². The second-order valence-corrected chi connectivity index (χ2v) is 1.74. The maximum Gasteiger partial charge on any atom is 0.311 e. The van der Waals surface area contributed by atoms with Crippen molar-refractivity contribution in [3.63, 3.8) is 0 Å². The number of carbonyl (C=O) groups is 2. The van der Waals surface area contributed by atoms with Crippen LogP contribution in [0.25, 0.3) is 0 Å². The molecule has 0 bridgehead atoms. The van der Waals surface area contributed by atoms with Gasteiger partial charge in [-0.15, -0.1) is 0 Å². The first kappa shape index (κ1) is 9.90. The zero-order chi connectivity index (χ0) is 8.69. The summed E-state index contributed by atoms with van der Waals surface area (Å²) in [6, 6.07) is 0. The molecule has 0 aliphatic heterocycles. The summed E-state index contributed by atoms with van der Waals surface area (Å²) >= 11 is 0. The fourth-order valence-electron chi connectivity index (χ4n) is 0.422. The van der Waals surface area contributed by atoms with Crippen molar-refractivity contribution in [2.24, 2.45) is 0 Å². The fourth-order valence-corrected chi connectivity index (χ4v) is 0.422. The summed E-state index contributed by atoms with van der Waals surface area (Å²) in [5, 5.41) is 8.09. The lowest BCUT2D eigenvalue weighted by atomic mass is 10.5. The summed E-state index contributed by atoms with van der Waals surface area (Å²) in [5.41, 5.74) is 0. The van der Waals surface area contributed by atoms with Crippen LogP contribution in [0.3, 0.4) is 0 Å². The molecule has 0 heterocycles. The first-order valence-electron chi connectivity index (χ1n) is 3.06. The molecule has 11 heavy (non-hydrogen) atoms. The average Bonchev–Trinajstić information content (AvgIpc) is 1.87. The molecule has 0 rings (SSSR count). The van der Waals surface area contributed by atoms with Crippen molar-refractivity contribution >= 4 is 11.9 Å². The molecule has 0 aliphatic carbocycles. The Hall–Kier alpha value is -1.10. The Labute approximate surface area is 63.9 Å². The van der Waals surface area contributed by atoms with Crippen LogP contribution < -0.4 is 0 Å². The summed E-state index contributed by atoms with van der Waals surface area (Å²) in [4.78, 5) is 20.6. The molecule has 0 unspecified atom stereocenters. The van der Waals surface area contributed by atoms with Gasteiger partial charge in [-0.2, -0.15) is 0 Å². The minimum absolute atomic E-state index is 0.00579. The molecule has 5 nitrogen and oxygen atoms in total. The van der Waals surface area contributed by atoms with Crippen LogP contribution in [0.15, 0.2) is 0 Å². The van der Waals surface area contributed by atoms with Gasteiger partial charge in [0, 0.05) is 6.92 Å². The van der Waals surface area contributed by atoms with E-state index in [2.05, 4.69) is 9.47 Å². The second kappa shape index (κ2) is 5.67. The van der Waals surface area contributed by atoms with Crippen LogP contribution in [-0.4, -0.2) is 30.4 Å². The number of ether oxygens (including phenoxy) is 2. The van der Waals surface area contributed by atoms with E-state index in [1.807, 2.05) is 0 Å². The maximum atomic E-state index is 10.5. The monoisotopic (exact) mass is 162 g/mol. The van der Waals surface area contributed by atoms with Crippen molar-refractivity contribution in [2.75, 3.05) is 13.4 Å². The molecule has 0 amide bonds. The lowest BCUT2D eigenvalue weighted by Gasteiger charge is -2.00. The number of rotatable bonds is 4. The molecule has 5 heteroatoms. The zero-order valence-electron chi connectivity index (χ0n) is 6.20. The molecular formula is C6H10O5. The van der Waals surface area contributed by atoms with Crippen molar-refractivity contribution < 1.29 is 24.2 Å². The summed E-state index contributed by atoms with van der Waals surface area (Å²) in [7, 11) is 0. The van der Waals surface area contributed by atoms with Crippen LogP contribution >= 0.6 is 0 Å². The number of hydrogen-bond acceptors (Lipinski definition) is 5. The zero-order valence-corrected chi connectivity index (χ0v) is 6.20. The fraction of sp³-hybridized carbons (Fsp3) is 0.667. The van der Waals surface area contributed by atoms with Crippen LogP contribution in [0.1, 0.15) is 13.3 Å². The van der Waals surface area contributed by atoms with Gasteiger partial charge in [-0.25, -0.2) is 0 Å². The van der Waals surface area contributed by atoms with Crippen LogP contribution in [0.2, 0.25) is 0 Å². The van der Waals surface area contributed by atoms with E-state index in [0.717, 1.165) is 0 Å². The third kappa shape index (κ3) is 6.79. The molecule has 64 valence electrons. The molecule has 0 radical (unpaired) electrons. The van der Waals surface area contributed by atoms with Gasteiger partial charge < -0.3 is 14.6 Å². The van der Waals surface area contributed by atoms with E-state index in [9.17, 15) is 9.59 Å². The van der Waals surface area contributed by atoms with Crippen LogP contribution in [-0.2, 0) is 19.1 Å². The minimum atomic E-state index is -0.640. The summed E-state index contributed by atoms with van der Waals surface area (Å²) in [6.07, 6.45) is -0.0276. The first-order chi connectivity index (χ1) is 5.16. The predicted octanol–water partition coefficient (Wildman–Crippen LogP) is -0.567. The van der Waals surface area contributed by atoms with Gasteiger partial charge in [-0.3, -0.25) is 9.59 Å². The highest BCUT2D eigenvalue weighted by atomic mass is 16.6. The van der Waals surface area contributed by atoms with E-state index in [1.165, 1.54) is 6.92 Å². The van der Waals surface area contributed by atoms with E-state index < -0.39 is 18.7 Å². The van der Waals surface area contributed by atoms with Gasteiger partial charge in [0.1, 0.15) is 6.61 Å². The van der Waals surface area contributed by atoms with Crippen molar-refractivity contribution in [1.82, 2.24) is 0 Å². The third-order valence-corrected chi connectivity index (χ3v) is 0.837. The Kier molecular flexibility index (Phi) is 5.10. The van der Waals surface area contributed by atoms with Gasteiger partial charge in [0.05, 0.1) is 6.42 Å². The van der Waals surface area contributed by atoms with Crippen molar-refractivity contribution in [1.29, 1.82) is 0 Å². The Bertz CT molecular complexity index is 142. The molecule has 0 aliphatic rings. The number of aliphatic hydroxyl groups excluding tert-OH is 1. The molecule has 0 saturated heterocycles. The smallest absolute Gasteiger partial charge is 0.311 e. The highest BCUT2D eigenvalue weighted by Gasteiger charge is 2.02. The number of aliphatic hydroxyl groups is 1. The molecule has 0 atom stereocenters. The van der Waals surface area contributed by atoms with Gasteiger partial charge in [0.15, 0.2) is 6.79 Å². The van der Waals surface area contributed by atoms with Gasteiger partial charge >= 0.3 is 11.9 Å². The van der Waals surface area contributed by atoms with Crippen molar-refractivity contribution in [2.45, 2.75) is 13.3 Å². The van der Waals surface area contributed by atoms with Crippen molar-refractivity contribution in [3.05, 3.63) is 0 Å². The van der Waals surface area contributed by atoms with E-state index in [4.69, 9.17) is 5.11 Å². The molecule has 0 saturated carbocycles. The van der Waals surface area contributed by atoms with Crippen LogP contribution in [0.5, 0.6) is 0 Å². The maximum absolute atomic E-state index is 10.5. The molecular weight excluding hydrogens is 152 g/mol. The Morgan fingerprint density at radius 1 is 1.36 bits per heavy atom. The summed E-state index contributed by atoms with van der Waals surface area (Å²) < 4.78 is 8.59. The topological polar surface area (TPSA) is 72.8 Å². The highest BCUT2D eigenvalue weighted by molar-refractivity contribution is 5.70. The van der Waals surface area contributed by atoms with Gasteiger partial charge in [-0.05, 0) is 0 Å². The quantitative estimate of drug-likeness (QED) is 0.442. The molecule has 0 aromatic rings. The molecule has 0 fully saturated rings. The van der Waals surface area contributed by atoms with Gasteiger partial charge in [0.2, 0.25) is 0 Å². The average molecular weight is 162 g/mol. The Morgan fingerprint density at radius 3 is 2.45 bits per heavy atom. The first-order valence-corrected chi connectivity index (χ1v) is 3.06. The van der Waals surface area contributed by atoms with Crippen LogP contribution in [0.4, 0.5) is 0 Å². The SMILES string of the molecule is CC(=O)OCCC(=O)OCO. The number of esters is 2. The summed E-state index contributed by atoms with van der Waals surface area (Å²) in [6.45, 7) is 0.602. The minimum Gasteiger partial charge on any atom is -0.465 e. The number of carbonyl (C=O) groups excluding carboxylic acids is 2. The summed E-state index contributed by atoms with van der Waals surface area (Å²) in [5.74, 6) is -1.03. The standard InChI is InChI=1S/C6H10O5/c1-5(8)10-3-2-6(9)11-4-7/h7H,2-4H2,1H3. The lowest BCUT2D eigenvalue weighted by Crippen LogP contribution is -2.10. The number of hydrogen-bond donors (Lipinski definition) is 1. The largest absolute Gasteiger partial charge is 0.465 e. The molecule has 0 aromatic carbocycles. The molecule has 1 N–H and O–H groups in total. The van der Waals surface area contributed by atoms with Gasteiger partial charge in [0.25, 0.3) is 0 Å². The Balaban J connectivity index is 3.24. The highest BCUT2D eigenvalue weighted by Crippen LogP contribution is 1.87. The second-order valence-electron chi connectivity index (χ2n) is 1.74. The predicted molar refractivity (Wildman–Crippen MR) is 34.4 cm³/mol. The van der Waals surface area contributed by atoms with Crippen LogP contribution in [0, 0.1) is 0 Å². The molecule has 0 aromatic heterocycles. The van der Waals surface area contributed by atoms with Gasteiger partial charge in [-0.1, -0.05) is 0 Å². The van der Waals surface area contributed by atoms with Crippen molar-refractivity contribution in [3.8, 4) is 0 Å².